The number of hydrogen-bond acceptors (Lipinski definition) is 2. The third-order valence-electron chi connectivity index (χ3n) is 5.55. The molecule has 1 heterocycles. The molecule has 5 rings (SSSR count). The quantitative estimate of drug-likeness (QED) is 0.833. The summed E-state index contributed by atoms with van der Waals surface area (Å²) in [4.78, 5) is 12.4. The van der Waals surface area contributed by atoms with E-state index < -0.39 is 0 Å². The second-order valence-electron chi connectivity index (χ2n) is 6.79. The standard InChI is InChI=1S/C14H21N3O/c15-7-12-8-16-17(13(12)18)14-4-9-1-10(5-14)3-11(2-9)6-14/h8-11,16H,1-7,15H2. The van der Waals surface area contributed by atoms with E-state index in [0.29, 0.717) is 6.54 Å². The largest absolute Gasteiger partial charge is 0.326 e. The monoisotopic (exact) mass is 247 g/mol. The van der Waals surface area contributed by atoms with Gasteiger partial charge in [-0.15, -0.1) is 0 Å². The lowest BCUT2D eigenvalue weighted by Crippen LogP contribution is -2.54. The molecule has 0 aromatic carbocycles. The molecule has 1 aromatic heterocycles. The average Bonchev–Trinajstić information content (AvgIpc) is 2.69. The second-order valence-corrected chi connectivity index (χ2v) is 6.79. The first-order chi connectivity index (χ1) is 8.70. The number of aromatic nitrogens is 2. The molecule has 4 aliphatic carbocycles. The first-order valence-corrected chi connectivity index (χ1v) is 7.20. The lowest BCUT2D eigenvalue weighted by atomic mass is 9.53. The van der Waals surface area contributed by atoms with Gasteiger partial charge in [0.25, 0.3) is 5.56 Å². The van der Waals surface area contributed by atoms with Gasteiger partial charge in [-0.25, -0.2) is 4.68 Å². The van der Waals surface area contributed by atoms with Gasteiger partial charge in [-0.1, -0.05) is 0 Å². The number of nitrogens with zero attached hydrogens (tertiary/aromatic N) is 1. The molecule has 0 saturated heterocycles. The molecule has 4 aliphatic rings. The minimum atomic E-state index is 0.0965. The third-order valence-corrected chi connectivity index (χ3v) is 5.55. The van der Waals surface area contributed by atoms with E-state index in [-0.39, 0.29) is 11.1 Å². The third kappa shape index (κ3) is 1.32. The average molecular weight is 247 g/mol. The van der Waals surface area contributed by atoms with Gasteiger partial charge in [0, 0.05) is 18.3 Å². The van der Waals surface area contributed by atoms with Crippen LogP contribution in [0.1, 0.15) is 44.1 Å². The van der Waals surface area contributed by atoms with Crippen molar-refractivity contribution in [1.82, 2.24) is 9.78 Å². The minimum absolute atomic E-state index is 0.0965. The summed E-state index contributed by atoms with van der Waals surface area (Å²) in [6.07, 6.45) is 9.60. The Bertz CT molecular complexity index is 492. The van der Waals surface area contributed by atoms with Crippen molar-refractivity contribution in [2.75, 3.05) is 0 Å². The Morgan fingerprint density at radius 1 is 1.22 bits per heavy atom. The molecule has 18 heavy (non-hydrogen) atoms. The van der Waals surface area contributed by atoms with Gasteiger partial charge in [-0.2, -0.15) is 0 Å². The van der Waals surface area contributed by atoms with Gasteiger partial charge in [-0.05, 0) is 56.3 Å². The van der Waals surface area contributed by atoms with Crippen LogP contribution in [0.4, 0.5) is 0 Å². The molecule has 0 unspecified atom stereocenters. The number of H-pyrrole nitrogens is 1. The smallest absolute Gasteiger partial charge is 0.271 e. The maximum atomic E-state index is 12.4. The molecule has 3 N–H and O–H groups in total. The topological polar surface area (TPSA) is 63.8 Å². The van der Waals surface area contributed by atoms with Crippen molar-refractivity contribution < 1.29 is 0 Å². The van der Waals surface area contributed by atoms with Gasteiger partial charge in [0.2, 0.25) is 0 Å². The van der Waals surface area contributed by atoms with Crippen LogP contribution in [0.15, 0.2) is 11.0 Å². The summed E-state index contributed by atoms with van der Waals surface area (Å²) in [6.45, 7) is 0.342. The number of nitrogens with two attached hydrogens (primary N) is 1. The molecule has 4 fully saturated rings. The van der Waals surface area contributed by atoms with Crippen LogP contribution >= 0.6 is 0 Å². The highest BCUT2D eigenvalue weighted by Gasteiger charge is 2.52. The fraction of sp³-hybridized carbons (Fsp3) is 0.786. The summed E-state index contributed by atoms with van der Waals surface area (Å²) in [5.74, 6) is 2.56. The van der Waals surface area contributed by atoms with Gasteiger partial charge in [0.05, 0.1) is 5.54 Å². The van der Waals surface area contributed by atoms with E-state index in [1.807, 2.05) is 4.68 Å². The Morgan fingerprint density at radius 2 is 1.78 bits per heavy atom. The van der Waals surface area contributed by atoms with Crippen LogP contribution in [0.25, 0.3) is 0 Å². The van der Waals surface area contributed by atoms with E-state index in [2.05, 4.69) is 5.10 Å². The van der Waals surface area contributed by atoms with E-state index >= 15 is 0 Å². The maximum absolute atomic E-state index is 12.4. The van der Waals surface area contributed by atoms with Crippen molar-refractivity contribution in [3.05, 3.63) is 22.1 Å². The molecule has 4 bridgehead atoms. The molecule has 0 radical (unpaired) electrons. The van der Waals surface area contributed by atoms with Gasteiger partial charge in [0.15, 0.2) is 0 Å². The van der Waals surface area contributed by atoms with E-state index in [9.17, 15) is 4.79 Å². The number of aromatic amines is 1. The Kier molecular flexibility index (Phi) is 2.11. The van der Waals surface area contributed by atoms with Crippen molar-refractivity contribution in [3.8, 4) is 0 Å². The fourth-order valence-corrected chi connectivity index (χ4v) is 5.24. The van der Waals surface area contributed by atoms with E-state index in [4.69, 9.17) is 5.73 Å². The zero-order chi connectivity index (χ0) is 12.3. The zero-order valence-electron chi connectivity index (χ0n) is 10.7. The van der Waals surface area contributed by atoms with Gasteiger partial charge in [0.1, 0.15) is 0 Å². The van der Waals surface area contributed by atoms with E-state index in [1.165, 1.54) is 38.5 Å². The molecule has 4 nitrogen and oxygen atoms in total. The predicted molar refractivity (Wildman–Crippen MR) is 69.1 cm³/mol. The van der Waals surface area contributed by atoms with Crippen molar-refractivity contribution >= 4 is 0 Å². The lowest BCUT2D eigenvalue weighted by Gasteiger charge is -2.56. The van der Waals surface area contributed by atoms with Crippen LogP contribution in [-0.4, -0.2) is 9.78 Å². The Labute approximate surface area is 107 Å². The maximum Gasteiger partial charge on any atom is 0.271 e. The van der Waals surface area contributed by atoms with Crippen molar-refractivity contribution in [3.63, 3.8) is 0 Å². The van der Waals surface area contributed by atoms with Gasteiger partial charge >= 0.3 is 0 Å². The summed E-state index contributed by atoms with van der Waals surface area (Å²) in [5, 5.41) is 3.21. The Balaban J connectivity index is 1.79. The molecule has 4 saturated carbocycles. The van der Waals surface area contributed by atoms with Crippen LogP contribution in [-0.2, 0) is 12.1 Å². The summed E-state index contributed by atoms with van der Waals surface area (Å²) >= 11 is 0. The van der Waals surface area contributed by atoms with E-state index in [1.54, 1.807) is 6.20 Å². The van der Waals surface area contributed by atoms with Crippen LogP contribution in [0.5, 0.6) is 0 Å². The van der Waals surface area contributed by atoms with Crippen LogP contribution in [0.3, 0.4) is 0 Å². The summed E-state index contributed by atoms with van der Waals surface area (Å²) in [7, 11) is 0. The highest BCUT2D eigenvalue weighted by atomic mass is 16.1. The lowest BCUT2D eigenvalue weighted by molar-refractivity contribution is -0.0510. The van der Waals surface area contributed by atoms with Gasteiger partial charge in [-0.3, -0.25) is 4.79 Å². The molecule has 1 aromatic rings. The summed E-state index contributed by atoms with van der Waals surface area (Å²) in [5.41, 5.74) is 6.57. The predicted octanol–water partition coefficient (Wildman–Crippen LogP) is 1.56. The van der Waals surface area contributed by atoms with Crippen LogP contribution < -0.4 is 11.3 Å². The molecule has 0 spiro atoms. The molecule has 0 atom stereocenters. The summed E-state index contributed by atoms with van der Waals surface area (Å²) in [6, 6.07) is 0. The highest BCUT2D eigenvalue weighted by molar-refractivity contribution is 5.10. The minimum Gasteiger partial charge on any atom is -0.326 e. The van der Waals surface area contributed by atoms with Crippen LogP contribution in [0.2, 0.25) is 0 Å². The van der Waals surface area contributed by atoms with Crippen molar-refractivity contribution in [2.45, 2.75) is 50.6 Å². The number of nitrogens with one attached hydrogen (secondary N) is 1. The van der Waals surface area contributed by atoms with Crippen molar-refractivity contribution in [2.24, 2.45) is 23.5 Å². The SMILES string of the molecule is NCc1c[nH]n(C23CC4CC(CC(C4)C2)C3)c1=O. The molecule has 98 valence electrons. The highest BCUT2D eigenvalue weighted by Crippen LogP contribution is 2.58. The molecular formula is C14H21N3O. The molecule has 0 aliphatic heterocycles. The molecule has 4 heteroatoms. The Morgan fingerprint density at radius 3 is 2.22 bits per heavy atom. The summed E-state index contributed by atoms with van der Waals surface area (Å²) < 4.78 is 1.93. The molecular weight excluding hydrogens is 226 g/mol. The number of rotatable bonds is 2. The van der Waals surface area contributed by atoms with Gasteiger partial charge < -0.3 is 10.8 Å². The normalized spacial score (nSPS) is 41.5. The zero-order valence-corrected chi connectivity index (χ0v) is 10.7. The fourth-order valence-electron chi connectivity index (χ4n) is 5.24. The first kappa shape index (κ1) is 10.9. The van der Waals surface area contributed by atoms with Crippen molar-refractivity contribution in [1.29, 1.82) is 0 Å². The number of hydrogen-bond donors (Lipinski definition) is 2. The first-order valence-electron chi connectivity index (χ1n) is 7.20. The van der Waals surface area contributed by atoms with E-state index in [0.717, 1.165) is 23.3 Å². The second kappa shape index (κ2) is 3.50. The van der Waals surface area contributed by atoms with Crippen LogP contribution in [0, 0.1) is 17.8 Å². The molecule has 0 amide bonds. The Hall–Kier alpha value is -1.03.